The summed E-state index contributed by atoms with van der Waals surface area (Å²) >= 11 is 2.97. The summed E-state index contributed by atoms with van der Waals surface area (Å²) in [4.78, 5) is 11.2. The number of carboxylic acids is 1. The molecule has 0 amide bonds. The van der Waals surface area contributed by atoms with E-state index in [0.29, 0.717) is 12.8 Å². The van der Waals surface area contributed by atoms with Crippen LogP contribution in [0.4, 0.5) is 8.78 Å². The topological polar surface area (TPSA) is 49.3 Å². The Hall–Kier alpha value is -1.01. The minimum atomic E-state index is -1.20. The molecule has 0 spiro atoms. The molecule has 0 aliphatic rings. The fraction of sp³-hybridized carbons (Fsp3) is 0.462. The predicted octanol–water partition coefficient (Wildman–Crippen LogP) is 3.46. The Kier molecular flexibility index (Phi) is 5.43. The smallest absolute Gasteiger partial charge is 0.323 e. The lowest BCUT2D eigenvalue weighted by molar-refractivity contribution is -0.144. The summed E-state index contributed by atoms with van der Waals surface area (Å²) < 4.78 is 27.4. The van der Waals surface area contributed by atoms with E-state index in [0.717, 1.165) is 6.07 Å². The van der Waals surface area contributed by atoms with Crippen LogP contribution in [-0.4, -0.2) is 16.6 Å². The first-order valence-corrected chi connectivity index (χ1v) is 6.72. The van der Waals surface area contributed by atoms with Crippen molar-refractivity contribution in [2.24, 2.45) is 0 Å². The number of benzene rings is 1. The molecule has 0 saturated heterocycles. The molecular weight excluding hydrogens is 320 g/mol. The Morgan fingerprint density at radius 2 is 2.11 bits per heavy atom. The van der Waals surface area contributed by atoms with Gasteiger partial charge in [0.1, 0.15) is 17.2 Å². The quantitative estimate of drug-likeness (QED) is 0.782. The summed E-state index contributed by atoms with van der Waals surface area (Å²) in [7, 11) is 0. The third kappa shape index (κ3) is 3.73. The van der Waals surface area contributed by atoms with Crippen LogP contribution >= 0.6 is 15.9 Å². The maximum Gasteiger partial charge on any atom is 0.323 e. The van der Waals surface area contributed by atoms with Gasteiger partial charge in [-0.25, -0.2) is 8.78 Å². The molecular formula is C13H16BrF2NO2. The molecule has 1 atom stereocenters. The number of carboxylic acid groups (broad SMARTS) is 1. The molecule has 0 aliphatic heterocycles. The Bertz CT molecular complexity index is 482. The lowest BCUT2D eigenvalue weighted by Crippen LogP contribution is -2.49. The first-order chi connectivity index (χ1) is 8.81. The average molecular weight is 336 g/mol. The van der Waals surface area contributed by atoms with E-state index in [2.05, 4.69) is 21.2 Å². The molecule has 106 valence electrons. The van der Waals surface area contributed by atoms with Gasteiger partial charge in [-0.1, -0.05) is 13.3 Å². The second-order valence-electron chi connectivity index (χ2n) is 4.56. The van der Waals surface area contributed by atoms with Gasteiger partial charge in [0.15, 0.2) is 0 Å². The van der Waals surface area contributed by atoms with Crippen molar-refractivity contribution in [3.05, 3.63) is 33.8 Å². The molecule has 1 rings (SSSR count). The summed E-state index contributed by atoms with van der Waals surface area (Å²) in [6, 6.07) is 2.42. The van der Waals surface area contributed by atoms with Gasteiger partial charge < -0.3 is 5.11 Å². The van der Waals surface area contributed by atoms with Crippen LogP contribution in [0.15, 0.2) is 16.6 Å². The minimum Gasteiger partial charge on any atom is -0.480 e. The van der Waals surface area contributed by atoms with Crippen molar-refractivity contribution in [1.29, 1.82) is 0 Å². The zero-order valence-electron chi connectivity index (χ0n) is 10.8. The highest BCUT2D eigenvalue weighted by Gasteiger charge is 2.32. The highest BCUT2D eigenvalue weighted by atomic mass is 79.9. The molecule has 3 nitrogen and oxygen atoms in total. The van der Waals surface area contributed by atoms with Gasteiger partial charge in [0.05, 0.1) is 4.47 Å². The SMILES string of the molecule is CCCC(C)(NCc1c(F)ccc(Br)c1F)C(=O)O. The van der Waals surface area contributed by atoms with Gasteiger partial charge in [0, 0.05) is 12.1 Å². The Balaban J connectivity index is 2.92. The third-order valence-electron chi connectivity index (χ3n) is 3.02. The number of hydrogen-bond donors (Lipinski definition) is 2. The Morgan fingerprint density at radius 3 is 2.63 bits per heavy atom. The summed E-state index contributed by atoms with van der Waals surface area (Å²) in [6.45, 7) is 3.18. The van der Waals surface area contributed by atoms with Crippen molar-refractivity contribution in [2.45, 2.75) is 38.8 Å². The summed E-state index contributed by atoms with van der Waals surface area (Å²) in [5, 5.41) is 11.9. The molecule has 0 aromatic heterocycles. The van der Waals surface area contributed by atoms with E-state index in [1.807, 2.05) is 6.92 Å². The van der Waals surface area contributed by atoms with Crippen molar-refractivity contribution < 1.29 is 18.7 Å². The van der Waals surface area contributed by atoms with Crippen molar-refractivity contribution in [3.8, 4) is 0 Å². The molecule has 1 aromatic rings. The molecule has 0 aliphatic carbocycles. The largest absolute Gasteiger partial charge is 0.480 e. The van der Waals surface area contributed by atoms with E-state index in [1.165, 1.54) is 13.0 Å². The van der Waals surface area contributed by atoms with Gasteiger partial charge in [-0.2, -0.15) is 0 Å². The monoisotopic (exact) mass is 335 g/mol. The van der Waals surface area contributed by atoms with Crippen LogP contribution in [0.5, 0.6) is 0 Å². The molecule has 1 unspecified atom stereocenters. The van der Waals surface area contributed by atoms with E-state index in [4.69, 9.17) is 0 Å². The van der Waals surface area contributed by atoms with Crippen molar-refractivity contribution in [3.63, 3.8) is 0 Å². The number of nitrogens with one attached hydrogen (secondary N) is 1. The van der Waals surface area contributed by atoms with E-state index >= 15 is 0 Å². The second kappa shape index (κ2) is 6.43. The fourth-order valence-electron chi connectivity index (χ4n) is 1.79. The van der Waals surface area contributed by atoms with E-state index in [-0.39, 0.29) is 16.6 Å². The molecule has 19 heavy (non-hydrogen) atoms. The van der Waals surface area contributed by atoms with E-state index in [1.54, 1.807) is 0 Å². The van der Waals surface area contributed by atoms with Gasteiger partial charge >= 0.3 is 5.97 Å². The predicted molar refractivity (Wildman–Crippen MR) is 71.8 cm³/mol. The third-order valence-corrected chi connectivity index (χ3v) is 3.63. The molecule has 0 saturated carbocycles. The van der Waals surface area contributed by atoms with E-state index in [9.17, 15) is 18.7 Å². The summed E-state index contributed by atoms with van der Waals surface area (Å²) in [5.74, 6) is -2.45. The molecule has 0 heterocycles. The standard InChI is InChI=1S/C13H16BrF2NO2/c1-3-6-13(2,12(18)19)17-7-8-10(15)5-4-9(14)11(8)16/h4-5,17H,3,6-7H2,1-2H3,(H,18,19). The number of aliphatic carboxylic acids is 1. The highest BCUT2D eigenvalue weighted by Crippen LogP contribution is 2.22. The second-order valence-corrected chi connectivity index (χ2v) is 5.42. The van der Waals surface area contributed by atoms with Crippen LogP contribution in [0, 0.1) is 11.6 Å². The average Bonchev–Trinajstić information content (AvgIpc) is 2.34. The van der Waals surface area contributed by atoms with Gasteiger partial charge in [-0.15, -0.1) is 0 Å². The van der Waals surface area contributed by atoms with Crippen LogP contribution in [0.1, 0.15) is 32.3 Å². The van der Waals surface area contributed by atoms with Crippen LogP contribution in [-0.2, 0) is 11.3 Å². The summed E-state index contributed by atoms with van der Waals surface area (Å²) in [5.41, 5.74) is -1.37. The zero-order chi connectivity index (χ0) is 14.6. The lowest BCUT2D eigenvalue weighted by atomic mass is 9.96. The van der Waals surface area contributed by atoms with Gasteiger partial charge in [-0.05, 0) is 41.4 Å². The molecule has 0 fully saturated rings. The van der Waals surface area contributed by atoms with Crippen LogP contribution in [0.25, 0.3) is 0 Å². The van der Waals surface area contributed by atoms with Gasteiger partial charge in [0.2, 0.25) is 0 Å². The summed E-state index contributed by atoms with van der Waals surface area (Å²) in [6.07, 6.45) is 1.03. The minimum absolute atomic E-state index is 0.151. The zero-order valence-corrected chi connectivity index (χ0v) is 12.4. The first kappa shape index (κ1) is 16.0. The van der Waals surface area contributed by atoms with Gasteiger partial charge in [0.25, 0.3) is 0 Å². The van der Waals surface area contributed by atoms with E-state index < -0.39 is 23.1 Å². The number of hydrogen-bond acceptors (Lipinski definition) is 2. The molecule has 2 N–H and O–H groups in total. The van der Waals surface area contributed by atoms with Crippen molar-refractivity contribution in [2.75, 3.05) is 0 Å². The fourth-order valence-corrected chi connectivity index (χ4v) is 2.16. The van der Waals surface area contributed by atoms with Crippen molar-refractivity contribution >= 4 is 21.9 Å². The van der Waals surface area contributed by atoms with Gasteiger partial charge in [-0.3, -0.25) is 10.1 Å². The Morgan fingerprint density at radius 1 is 1.47 bits per heavy atom. The normalized spacial score (nSPS) is 14.2. The highest BCUT2D eigenvalue weighted by molar-refractivity contribution is 9.10. The van der Waals surface area contributed by atoms with Crippen LogP contribution in [0.2, 0.25) is 0 Å². The lowest BCUT2D eigenvalue weighted by Gasteiger charge is -2.26. The van der Waals surface area contributed by atoms with Crippen LogP contribution < -0.4 is 5.32 Å². The molecule has 1 aromatic carbocycles. The Labute approximate surface area is 119 Å². The number of halogens is 3. The van der Waals surface area contributed by atoms with Crippen molar-refractivity contribution in [1.82, 2.24) is 5.32 Å². The molecule has 6 heteroatoms. The maximum atomic E-state index is 13.8. The molecule has 0 bridgehead atoms. The first-order valence-electron chi connectivity index (χ1n) is 5.92. The number of rotatable bonds is 6. The maximum absolute atomic E-state index is 13.8. The number of carbonyl (C=O) groups is 1. The molecule has 0 radical (unpaired) electrons. The van der Waals surface area contributed by atoms with Crippen LogP contribution in [0.3, 0.4) is 0 Å².